The van der Waals surface area contributed by atoms with Gasteiger partial charge in [0.2, 0.25) is 0 Å². The van der Waals surface area contributed by atoms with E-state index >= 15 is 0 Å². The van der Waals surface area contributed by atoms with Crippen LogP contribution in [0.25, 0.3) is 0 Å². The SMILES string of the molecule is C=CCC(C)(C)CNCCCC(C)(C)CN. The third kappa shape index (κ3) is 7.89. The van der Waals surface area contributed by atoms with Gasteiger partial charge in [0.15, 0.2) is 0 Å². The maximum absolute atomic E-state index is 5.70. The van der Waals surface area contributed by atoms with E-state index < -0.39 is 0 Å². The van der Waals surface area contributed by atoms with Crippen LogP contribution in [0.15, 0.2) is 12.7 Å². The number of hydrogen-bond acceptors (Lipinski definition) is 2. The van der Waals surface area contributed by atoms with Gasteiger partial charge < -0.3 is 11.1 Å². The van der Waals surface area contributed by atoms with Crippen molar-refractivity contribution in [2.24, 2.45) is 16.6 Å². The molecule has 0 bridgehead atoms. The van der Waals surface area contributed by atoms with Gasteiger partial charge in [-0.3, -0.25) is 0 Å². The lowest BCUT2D eigenvalue weighted by atomic mass is 9.87. The molecule has 0 aromatic carbocycles. The molecule has 2 nitrogen and oxygen atoms in total. The molecule has 0 spiro atoms. The fraction of sp³-hybridized carbons (Fsp3) is 0.857. The van der Waals surface area contributed by atoms with E-state index in [9.17, 15) is 0 Å². The van der Waals surface area contributed by atoms with Gasteiger partial charge >= 0.3 is 0 Å². The van der Waals surface area contributed by atoms with E-state index in [1.54, 1.807) is 0 Å². The Morgan fingerprint density at radius 1 is 1.19 bits per heavy atom. The van der Waals surface area contributed by atoms with E-state index in [2.05, 4.69) is 39.6 Å². The van der Waals surface area contributed by atoms with Crippen LogP contribution in [0.4, 0.5) is 0 Å². The topological polar surface area (TPSA) is 38.0 Å². The van der Waals surface area contributed by atoms with Crippen molar-refractivity contribution in [3.8, 4) is 0 Å². The molecular weight excluding hydrogens is 196 g/mol. The van der Waals surface area contributed by atoms with Crippen molar-refractivity contribution in [2.45, 2.75) is 47.0 Å². The average Bonchev–Trinajstić information content (AvgIpc) is 2.17. The van der Waals surface area contributed by atoms with E-state index in [-0.39, 0.29) is 5.41 Å². The zero-order valence-corrected chi connectivity index (χ0v) is 11.6. The van der Waals surface area contributed by atoms with Crippen LogP contribution in [0.3, 0.4) is 0 Å². The van der Waals surface area contributed by atoms with Gasteiger partial charge in [-0.15, -0.1) is 6.58 Å². The molecule has 0 aliphatic rings. The van der Waals surface area contributed by atoms with Gasteiger partial charge in [0.1, 0.15) is 0 Å². The Kier molecular flexibility index (Phi) is 6.93. The fourth-order valence-electron chi connectivity index (χ4n) is 1.68. The van der Waals surface area contributed by atoms with Crippen LogP contribution in [0.5, 0.6) is 0 Å². The highest BCUT2D eigenvalue weighted by Crippen LogP contribution is 2.21. The molecule has 0 saturated heterocycles. The van der Waals surface area contributed by atoms with Gasteiger partial charge in [0.05, 0.1) is 0 Å². The van der Waals surface area contributed by atoms with Crippen molar-refractivity contribution >= 4 is 0 Å². The molecule has 0 amide bonds. The van der Waals surface area contributed by atoms with Crippen molar-refractivity contribution < 1.29 is 0 Å². The summed E-state index contributed by atoms with van der Waals surface area (Å²) in [6.07, 6.45) is 5.46. The Morgan fingerprint density at radius 2 is 1.81 bits per heavy atom. The quantitative estimate of drug-likeness (QED) is 0.468. The predicted octanol–water partition coefficient (Wildman–Crippen LogP) is 2.94. The number of nitrogens with two attached hydrogens (primary N) is 1. The van der Waals surface area contributed by atoms with Gasteiger partial charge in [-0.05, 0) is 43.2 Å². The summed E-state index contributed by atoms with van der Waals surface area (Å²) in [6.45, 7) is 15.7. The van der Waals surface area contributed by atoms with Crippen LogP contribution in [0.1, 0.15) is 47.0 Å². The van der Waals surface area contributed by atoms with Crippen molar-refractivity contribution in [1.29, 1.82) is 0 Å². The molecule has 0 radical (unpaired) electrons. The molecule has 0 unspecified atom stereocenters. The van der Waals surface area contributed by atoms with E-state index in [4.69, 9.17) is 5.73 Å². The first-order valence-corrected chi connectivity index (χ1v) is 6.35. The van der Waals surface area contributed by atoms with Crippen LogP contribution in [0, 0.1) is 10.8 Å². The minimum atomic E-state index is 0.290. The zero-order chi connectivity index (χ0) is 12.7. The third-order valence-electron chi connectivity index (χ3n) is 3.06. The second-order valence-electron chi connectivity index (χ2n) is 6.31. The van der Waals surface area contributed by atoms with Gasteiger partial charge in [-0.1, -0.05) is 33.8 Å². The van der Waals surface area contributed by atoms with E-state index in [1.807, 2.05) is 6.08 Å². The number of nitrogens with one attached hydrogen (secondary N) is 1. The Labute approximate surface area is 102 Å². The Bertz CT molecular complexity index is 195. The van der Waals surface area contributed by atoms with Crippen LogP contribution in [-0.2, 0) is 0 Å². The minimum Gasteiger partial charge on any atom is -0.330 e. The monoisotopic (exact) mass is 226 g/mol. The van der Waals surface area contributed by atoms with Gasteiger partial charge in [-0.2, -0.15) is 0 Å². The number of rotatable bonds is 9. The van der Waals surface area contributed by atoms with E-state index in [0.717, 1.165) is 26.1 Å². The molecule has 0 rings (SSSR count). The second kappa shape index (κ2) is 7.08. The predicted molar refractivity (Wildman–Crippen MR) is 73.5 cm³/mol. The lowest BCUT2D eigenvalue weighted by Gasteiger charge is -2.25. The molecule has 0 saturated carbocycles. The molecule has 0 atom stereocenters. The third-order valence-corrected chi connectivity index (χ3v) is 3.06. The van der Waals surface area contributed by atoms with Crippen LogP contribution in [-0.4, -0.2) is 19.6 Å². The number of allylic oxidation sites excluding steroid dienone is 1. The fourth-order valence-corrected chi connectivity index (χ4v) is 1.68. The standard InChI is InChI=1S/C14H30N2/c1-6-8-14(4,5)12-16-10-7-9-13(2,3)11-15/h6,16H,1,7-12,15H2,2-5H3. The maximum atomic E-state index is 5.70. The Balaban J connectivity index is 3.57. The maximum Gasteiger partial charge on any atom is 0.000548 e. The van der Waals surface area contributed by atoms with Gasteiger partial charge in [-0.25, -0.2) is 0 Å². The summed E-state index contributed by atoms with van der Waals surface area (Å²) in [7, 11) is 0. The average molecular weight is 226 g/mol. The van der Waals surface area contributed by atoms with E-state index in [1.165, 1.54) is 12.8 Å². The first-order chi connectivity index (χ1) is 7.33. The summed E-state index contributed by atoms with van der Waals surface area (Å²) in [6, 6.07) is 0. The first kappa shape index (κ1) is 15.7. The highest BCUT2D eigenvalue weighted by molar-refractivity contribution is 4.81. The molecule has 0 fully saturated rings. The minimum absolute atomic E-state index is 0.290. The summed E-state index contributed by atoms with van der Waals surface area (Å²) >= 11 is 0. The largest absolute Gasteiger partial charge is 0.330 e. The summed E-state index contributed by atoms with van der Waals surface area (Å²) in [5.41, 5.74) is 6.31. The molecular formula is C14H30N2. The molecule has 0 aliphatic heterocycles. The van der Waals surface area contributed by atoms with Crippen molar-refractivity contribution in [1.82, 2.24) is 5.32 Å². The molecule has 16 heavy (non-hydrogen) atoms. The van der Waals surface area contributed by atoms with Crippen LogP contribution >= 0.6 is 0 Å². The molecule has 96 valence electrons. The van der Waals surface area contributed by atoms with Crippen LogP contribution < -0.4 is 11.1 Å². The lowest BCUT2D eigenvalue weighted by Crippen LogP contribution is -2.31. The second-order valence-corrected chi connectivity index (χ2v) is 6.31. The highest BCUT2D eigenvalue weighted by Gasteiger charge is 2.16. The Morgan fingerprint density at radius 3 is 2.31 bits per heavy atom. The Hall–Kier alpha value is -0.340. The van der Waals surface area contributed by atoms with Crippen molar-refractivity contribution in [3.05, 3.63) is 12.7 Å². The molecule has 0 aromatic heterocycles. The first-order valence-electron chi connectivity index (χ1n) is 6.35. The molecule has 3 N–H and O–H groups in total. The van der Waals surface area contributed by atoms with Gasteiger partial charge in [0, 0.05) is 6.54 Å². The molecule has 2 heteroatoms. The van der Waals surface area contributed by atoms with Gasteiger partial charge in [0.25, 0.3) is 0 Å². The smallest absolute Gasteiger partial charge is 0.000548 e. The highest BCUT2D eigenvalue weighted by atomic mass is 14.9. The van der Waals surface area contributed by atoms with Crippen molar-refractivity contribution in [3.63, 3.8) is 0 Å². The normalized spacial score (nSPS) is 12.8. The summed E-state index contributed by atoms with van der Waals surface area (Å²) in [4.78, 5) is 0. The summed E-state index contributed by atoms with van der Waals surface area (Å²) in [5, 5.41) is 3.52. The molecule has 0 aliphatic carbocycles. The number of hydrogen-bond donors (Lipinski definition) is 2. The summed E-state index contributed by atoms with van der Waals surface area (Å²) in [5.74, 6) is 0. The van der Waals surface area contributed by atoms with Crippen molar-refractivity contribution in [2.75, 3.05) is 19.6 Å². The summed E-state index contributed by atoms with van der Waals surface area (Å²) < 4.78 is 0. The van der Waals surface area contributed by atoms with Crippen LogP contribution in [0.2, 0.25) is 0 Å². The van der Waals surface area contributed by atoms with E-state index in [0.29, 0.717) is 5.41 Å². The molecule has 0 aromatic rings. The zero-order valence-electron chi connectivity index (χ0n) is 11.6. The lowest BCUT2D eigenvalue weighted by molar-refractivity contribution is 0.314. The molecule has 0 heterocycles.